The van der Waals surface area contributed by atoms with E-state index in [1.165, 1.54) is 0 Å². The highest BCUT2D eigenvalue weighted by atomic mass is 32.2. The fourth-order valence-electron chi connectivity index (χ4n) is 1.11. The Morgan fingerprint density at radius 1 is 1.64 bits per heavy atom. The molecule has 0 aliphatic carbocycles. The van der Waals surface area contributed by atoms with Crippen LogP contribution in [-0.2, 0) is 0 Å². The molecule has 5 nitrogen and oxygen atoms in total. The number of thioether (sulfide) groups is 1. The number of aliphatic imine (C=N–C) groups is 2. The van der Waals surface area contributed by atoms with Crippen LogP contribution in [0.1, 0.15) is 13.8 Å². The van der Waals surface area contributed by atoms with Crippen molar-refractivity contribution < 1.29 is 0 Å². The van der Waals surface area contributed by atoms with Crippen LogP contribution in [-0.4, -0.2) is 42.2 Å². The van der Waals surface area contributed by atoms with Gasteiger partial charge in [-0.2, -0.15) is 0 Å². The van der Waals surface area contributed by atoms with Gasteiger partial charge in [-0.3, -0.25) is 10.0 Å². The summed E-state index contributed by atoms with van der Waals surface area (Å²) in [6.45, 7) is 6.33. The first-order chi connectivity index (χ1) is 6.81. The largest absolute Gasteiger partial charge is 0.304 e. The SMILES string of the molecule is CCN=C1NC(SC)=NCN1NCC. The van der Waals surface area contributed by atoms with Gasteiger partial charge >= 0.3 is 0 Å². The van der Waals surface area contributed by atoms with Crippen molar-refractivity contribution in [3.8, 4) is 0 Å². The molecule has 0 spiro atoms. The maximum Gasteiger partial charge on any atom is 0.216 e. The molecule has 2 N–H and O–H groups in total. The van der Waals surface area contributed by atoms with Crippen molar-refractivity contribution in [1.29, 1.82) is 0 Å². The van der Waals surface area contributed by atoms with Gasteiger partial charge in [-0.05, 0) is 13.2 Å². The molecule has 80 valence electrons. The van der Waals surface area contributed by atoms with Crippen LogP contribution >= 0.6 is 11.8 Å². The zero-order chi connectivity index (χ0) is 10.4. The molecule has 1 rings (SSSR count). The molecule has 0 saturated carbocycles. The highest BCUT2D eigenvalue weighted by Gasteiger charge is 2.16. The number of nitrogens with zero attached hydrogens (tertiary/aromatic N) is 3. The molecule has 1 aliphatic rings. The molecule has 0 fully saturated rings. The van der Waals surface area contributed by atoms with Crippen molar-refractivity contribution in [1.82, 2.24) is 15.8 Å². The first-order valence-electron chi connectivity index (χ1n) is 4.72. The van der Waals surface area contributed by atoms with Gasteiger partial charge in [0.15, 0.2) is 5.17 Å². The van der Waals surface area contributed by atoms with E-state index in [1.54, 1.807) is 11.8 Å². The molecule has 0 aromatic heterocycles. The Balaban J connectivity index is 2.67. The van der Waals surface area contributed by atoms with Gasteiger partial charge in [0.1, 0.15) is 6.67 Å². The molecule has 1 aliphatic heterocycles. The molecule has 0 atom stereocenters. The number of hydrogen-bond acceptors (Lipinski definition) is 4. The van der Waals surface area contributed by atoms with Crippen LogP contribution < -0.4 is 10.7 Å². The van der Waals surface area contributed by atoms with Gasteiger partial charge in [-0.1, -0.05) is 18.7 Å². The summed E-state index contributed by atoms with van der Waals surface area (Å²) < 4.78 is 0. The van der Waals surface area contributed by atoms with Crippen LogP contribution in [0.4, 0.5) is 0 Å². The summed E-state index contributed by atoms with van der Waals surface area (Å²) in [6.07, 6.45) is 2.00. The van der Waals surface area contributed by atoms with E-state index in [9.17, 15) is 0 Å². The second-order valence-corrected chi connectivity index (χ2v) is 3.47. The molecule has 14 heavy (non-hydrogen) atoms. The van der Waals surface area contributed by atoms with Gasteiger partial charge in [-0.25, -0.2) is 10.4 Å². The maximum absolute atomic E-state index is 4.36. The smallest absolute Gasteiger partial charge is 0.216 e. The Labute approximate surface area is 89.0 Å². The van der Waals surface area contributed by atoms with Gasteiger partial charge in [0.25, 0.3) is 0 Å². The predicted molar refractivity (Wildman–Crippen MR) is 62.4 cm³/mol. The van der Waals surface area contributed by atoms with Gasteiger partial charge < -0.3 is 5.32 Å². The molecule has 0 aromatic rings. The molecule has 0 amide bonds. The highest BCUT2D eigenvalue weighted by molar-refractivity contribution is 8.13. The third-order valence-electron chi connectivity index (χ3n) is 1.68. The topological polar surface area (TPSA) is 52.0 Å². The lowest BCUT2D eigenvalue weighted by atomic mass is 10.7. The summed E-state index contributed by atoms with van der Waals surface area (Å²) in [5.41, 5.74) is 3.19. The molecular formula is C8H17N5S. The summed E-state index contributed by atoms with van der Waals surface area (Å²) in [6, 6.07) is 0. The van der Waals surface area contributed by atoms with Crippen LogP contribution in [0.15, 0.2) is 9.98 Å². The van der Waals surface area contributed by atoms with Crippen LogP contribution in [0, 0.1) is 0 Å². The molecule has 1 heterocycles. The molecule has 0 bridgehead atoms. The Bertz CT molecular complexity index is 238. The molecule has 6 heteroatoms. The van der Waals surface area contributed by atoms with Crippen molar-refractivity contribution in [3.63, 3.8) is 0 Å². The van der Waals surface area contributed by atoms with Gasteiger partial charge in [-0.15, -0.1) is 0 Å². The van der Waals surface area contributed by atoms with Crippen molar-refractivity contribution in [3.05, 3.63) is 0 Å². The highest BCUT2D eigenvalue weighted by Crippen LogP contribution is 2.02. The minimum atomic E-state index is 0.621. The second kappa shape index (κ2) is 5.87. The summed E-state index contributed by atoms with van der Waals surface area (Å²) in [5, 5.41) is 6.01. The van der Waals surface area contributed by atoms with Crippen molar-refractivity contribution >= 4 is 22.9 Å². The van der Waals surface area contributed by atoms with Crippen molar-refractivity contribution in [2.45, 2.75) is 13.8 Å². The number of hydrogen-bond donors (Lipinski definition) is 2. The van der Waals surface area contributed by atoms with Crippen molar-refractivity contribution in [2.75, 3.05) is 26.0 Å². The normalized spacial score (nSPS) is 19.5. The van der Waals surface area contributed by atoms with E-state index in [-0.39, 0.29) is 0 Å². The third kappa shape index (κ3) is 2.88. The van der Waals surface area contributed by atoms with Crippen LogP contribution in [0.2, 0.25) is 0 Å². The fourth-order valence-corrected chi connectivity index (χ4v) is 1.49. The van der Waals surface area contributed by atoms with Crippen molar-refractivity contribution in [2.24, 2.45) is 9.98 Å². The van der Waals surface area contributed by atoms with E-state index in [4.69, 9.17) is 0 Å². The Morgan fingerprint density at radius 3 is 3.00 bits per heavy atom. The number of hydrazine groups is 1. The number of nitrogens with one attached hydrogen (secondary N) is 2. The average Bonchev–Trinajstić information content (AvgIpc) is 2.21. The van der Waals surface area contributed by atoms with Gasteiger partial charge in [0, 0.05) is 13.1 Å². The van der Waals surface area contributed by atoms with E-state index >= 15 is 0 Å². The summed E-state index contributed by atoms with van der Waals surface area (Å²) >= 11 is 1.60. The maximum atomic E-state index is 4.36. The minimum absolute atomic E-state index is 0.621. The fraction of sp³-hybridized carbons (Fsp3) is 0.750. The number of rotatable bonds is 3. The number of guanidine groups is 1. The zero-order valence-corrected chi connectivity index (χ0v) is 9.69. The first-order valence-corrected chi connectivity index (χ1v) is 5.95. The summed E-state index contributed by atoms with van der Waals surface area (Å²) in [5.74, 6) is 0.855. The lowest BCUT2D eigenvalue weighted by molar-refractivity contribution is 0.311. The van der Waals surface area contributed by atoms with E-state index < -0.39 is 0 Å². The van der Waals surface area contributed by atoms with Crippen LogP contribution in [0.3, 0.4) is 0 Å². The lowest BCUT2D eigenvalue weighted by Gasteiger charge is -2.29. The summed E-state index contributed by atoms with van der Waals surface area (Å²) in [7, 11) is 0. The van der Waals surface area contributed by atoms with Crippen LogP contribution in [0.25, 0.3) is 0 Å². The number of amidine groups is 1. The lowest BCUT2D eigenvalue weighted by Crippen LogP contribution is -2.53. The van der Waals surface area contributed by atoms with E-state index in [0.29, 0.717) is 6.67 Å². The van der Waals surface area contributed by atoms with E-state index in [2.05, 4.69) is 27.7 Å². The monoisotopic (exact) mass is 215 g/mol. The Kier molecular flexibility index (Phi) is 4.75. The van der Waals surface area contributed by atoms with Crippen LogP contribution in [0.5, 0.6) is 0 Å². The van der Waals surface area contributed by atoms with E-state index in [0.717, 1.165) is 24.2 Å². The van der Waals surface area contributed by atoms with Gasteiger partial charge in [0.05, 0.1) is 0 Å². The predicted octanol–water partition coefficient (Wildman–Crippen LogP) is 0.468. The third-order valence-corrected chi connectivity index (χ3v) is 2.30. The standard InChI is InChI=1S/C8H17N5S/c1-4-9-7-12-8(14-3)10-6-13(7)11-5-2/h11H,4-6H2,1-3H3,(H,9,10,12). The minimum Gasteiger partial charge on any atom is -0.304 e. The zero-order valence-electron chi connectivity index (χ0n) is 8.87. The Morgan fingerprint density at radius 2 is 2.43 bits per heavy atom. The molecular weight excluding hydrogens is 198 g/mol. The average molecular weight is 215 g/mol. The molecule has 0 saturated heterocycles. The Hall–Kier alpha value is -0.750. The second-order valence-electron chi connectivity index (χ2n) is 2.67. The molecule has 0 radical (unpaired) electrons. The quantitative estimate of drug-likeness (QED) is 0.718. The molecule has 0 unspecified atom stereocenters. The van der Waals surface area contributed by atoms with E-state index in [1.807, 2.05) is 18.2 Å². The summed E-state index contributed by atoms with van der Waals surface area (Å²) in [4.78, 5) is 8.69. The first kappa shape index (κ1) is 11.3. The van der Waals surface area contributed by atoms with Gasteiger partial charge in [0.2, 0.25) is 5.96 Å². The molecule has 0 aromatic carbocycles.